The lowest BCUT2D eigenvalue weighted by Gasteiger charge is -2.37. The largest absolute Gasteiger partial charge is 0.396 e. The fourth-order valence-corrected chi connectivity index (χ4v) is 3.47. The van der Waals surface area contributed by atoms with Gasteiger partial charge in [-0.05, 0) is 25.0 Å². The highest BCUT2D eigenvalue weighted by atomic mass is 35.5. The van der Waals surface area contributed by atoms with Crippen LogP contribution in [0.5, 0.6) is 0 Å². The third-order valence-corrected chi connectivity index (χ3v) is 4.87. The van der Waals surface area contributed by atoms with Gasteiger partial charge in [0, 0.05) is 54.8 Å². The van der Waals surface area contributed by atoms with Gasteiger partial charge in [0.15, 0.2) is 0 Å². The SMILES string of the molecule is CC(CCCO)C(=O)N1CCN(c2cc(Cl)cc3[nH]ncc23)CC1. The summed E-state index contributed by atoms with van der Waals surface area (Å²) in [7, 11) is 0. The number of piperazine rings is 1. The highest BCUT2D eigenvalue weighted by Crippen LogP contribution is 2.30. The Morgan fingerprint density at radius 1 is 1.38 bits per heavy atom. The van der Waals surface area contributed by atoms with Crippen LogP contribution in [-0.2, 0) is 4.79 Å². The summed E-state index contributed by atoms with van der Waals surface area (Å²) in [5.74, 6) is 0.151. The third-order valence-electron chi connectivity index (χ3n) is 4.65. The van der Waals surface area contributed by atoms with Crippen LogP contribution in [0.15, 0.2) is 18.3 Å². The molecule has 0 saturated carbocycles. The number of aliphatic hydroxyl groups is 1. The number of hydrogen-bond donors (Lipinski definition) is 2. The number of anilines is 1. The van der Waals surface area contributed by atoms with E-state index >= 15 is 0 Å². The molecule has 0 bridgehead atoms. The van der Waals surface area contributed by atoms with Crippen LogP contribution >= 0.6 is 11.6 Å². The Labute approximate surface area is 146 Å². The van der Waals surface area contributed by atoms with Crippen LogP contribution in [0.25, 0.3) is 10.9 Å². The summed E-state index contributed by atoms with van der Waals surface area (Å²) < 4.78 is 0. The van der Waals surface area contributed by atoms with Crippen molar-refractivity contribution in [2.24, 2.45) is 5.92 Å². The van der Waals surface area contributed by atoms with Gasteiger partial charge in [-0.3, -0.25) is 9.89 Å². The van der Waals surface area contributed by atoms with Crippen LogP contribution in [-0.4, -0.2) is 58.9 Å². The zero-order valence-electron chi connectivity index (χ0n) is 13.8. The normalized spacial score (nSPS) is 16.6. The van der Waals surface area contributed by atoms with Crippen LogP contribution in [0.2, 0.25) is 5.02 Å². The maximum absolute atomic E-state index is 12.5. The number of nitrogens with zero attached hydrogens (tertiary/aromatic N) is 3. The van der Waals surface area contributed by atoms with E-state index in [1.807, 2.05) is 30.2 Å². The Balaban J connectivity index is 1.66. The van der Waals surface area contributed by atoms with E-state index in [0.717, 1.165) is 36.1 Å². The van der Waals surface area contributed by atoms with Gasteiger partial charge in [-0.2, -0.15) is 5.10 Å². The van der Waals surface area contributed by atoms with Crippen LogP contribution in [0, 0.1) is 5.92 Å². The number of aromatic nitrogens is 2. The van der Waals surface area contributed by atoms with E-state index in [4.69, 9.17) is 16.7 Å². The van der Waals surface area contributed by atoms with Gasteiger partial charge >= 0.3 is 0 Å². The predicted octanol–water partition coefficient (Wildman–Crippen LogP) is 2.27. The second-order valence-electron chi connectivity index (χ2n) is 6.34. The average molecular weight is 351 g/mol. The van der Waals surface area contributed by atoms with Crippen molar-refractivity contribution < 1.29 is 9.90 Å². The van der Waals surface area contributed by atoms with Crippen molar-refractivity contribution in [3.8, 4) is 0 Å². The van der Waals surface area contributed by atoms with E-state index < -0.39 is 0 Å². The van der Waals surface area contributed by atoms with Gasteiger partial charge in [0.1, 0.15) is 0 Å². The molecular formula is C17H23ClN4O2. The predicted molar refractivity (Wildman–Crippen MR) is 95.4 cm³/mol. The van der Waals surface area contributed by atoms with Gasteiger partial charge in [-0.1, -0.05) is 18.5 Å². The lowest BCUT2D eigenvalue weighted by molar-refractivity contribution is -0.135. The number of amides is 1. The van der Waals surface area contributed by atoms with Crippen molar-refractivity contribution in [1.29, 1.82) is 0 Å². The van der Waals surface area contributed by atoms with Crippen LogP contribution < -0.4 is 4.90 Å². The summed E-state index contributed by atoms with van der Waals surface area (Å²) in [4.78, 5) is 16.6. The second-order valence-corrected chi connectivity index (χ2v) is 6.77. The standard InChI is InChI=1S/C17H23ClN4O2/c1-12(3-2-8-23)17(24)22-6-4-21(5-7-22)16-10-13(18)9-15-14(16)11-19-20-15/h9-12,23H,2-8H2,1H3,(H,19,20). The zero-order valence-corrected chi connectivity index (χ0v) is 14.6. The van der Waals surface area contributed by atoms with Gasteiger partial charge in [0.05, 0.1) is 11.7 Å². The number of nitrogens with one attached hydrogen (secondary N) is 1. The summed E-state index contributed by atoms with van der Waals surface area (Å²) >= 11 is 6.21. The second kappa shape index (κ2) is 7.40. The monoisotopic (exact) mass is 350 g/mol. The van der Waals surface area contributed by atoms with Crippen LogP contribution in [0.3, 0.4) is 0 Å². The summed E-state index contributed by atoms with van der Waals surface area (Å²) in [5, 5.41) is 17.7. The molecule has 2 heterocycles. The molecule has 1 unspecified atom stereocenters. The minimum Gasteiger partial charge on any atom is -0.396 e. The molecule has 1 saturated heterocycles. The Morgan fingerprint density at radius 3 is 2.83 bits per heavy atom. The summed E-state index contributed by atoms with van der Waals surface area (Å²) in [5.41, 5.74) is 1.99. The molecule has 0 aliphatic carbocycles. The molecule has 1 amide bonds. The summed E-state index contributed by atoms with van der Waals surface area (Å²) in [6.07, 6.45) is 3.23. The molecule has 1 fully saturated rings. The molecule has 6 nitrogen and oxygen atoms in total. The minimum atomic E-state index is -0.0320. The summed E-state index contributed by atoms with van der Waals surface area (Å²) in [6.45, 7) is 5.04. The van der Waals surface area contributed by atoms with Crippen LogP contribution in [0.4, 0.5) is 5.69 Å². The molecule has 3 rings (SSSR count). The Bertz CT molecular complexity index is 710. The number of aliphatic hydroxyl groups excluding tert-OH is 1. The molecule has 7 heteroatoms. The van der Waals surface area contributed by atoms with E-state index in [-0.39, 0.29) is 18.4 Å². The molecular weight excluding hydrogens is 328 g/mol. The number of carbonyl (C=O) groups excluding carboxylic acids is 1. The van der Waals surface area contributed by atoms with E-state index in [0.29, 0.717) is 24.5 Å². The number of aromatic amines is 1. The number of hydrogen-bond acceptors (Lipinski definition) is 4. The molecule has 130 valence electrons. The van der Waals surface area contributed by atoms with Gasteiger partial charge in [0.25, 0.3) is 0 Å². The van der Waals surface area contributed by atoms with Crippen molar-refractivity contribution in [1.82, 2.24) is 15.1 Å². The molecule has 1 aromatic heterocycles. The van der Waals surface area contributed by atoms with E-state index in [2.05, 4.69) is 15.1 Å². The maximum atomic E-state index is 12.5. The first-order valence-corrected chi connectivity index (χ1v) is 8.75. The van der Waals surface area contributed by atoms with Crippen molar-refractivity contribution >= 4 is 34.1 Å². The van der Waals surface area contributed by atoms with Gasteiger partial charge in [-0.25, -0.2) is 0 Å². The Morgan fingerprint density at radius 2 is 2.12 bits per heavy atom. The van der Waals surface area contributed by atoms with Gasteiger partial charge in [0.2, 0.25) is 5.91 Å². The first kappa shape index (κ1) is 17.0. The average Bonchev–Trinajstić information content (AvgIpc) is 3.06. The van der Waals surface area contributed by atoms with Crippen molar-refractivity contribution in [3.05, 3.63) is 23.4 Å². The molecule has 24 heavy (non-hydrogen) atoms. The van der Waals surface area contributed by atoms with E-state index in [1.165, 1.54) is 0 Å². The molecule has 0 radical (unpaired) electrons. The number of benzene rings is 1. The topological polar surface area (TPSA) is 72.5 Å². The molecule has 0 spiro atoms. The number of fused-ring (bicyclic) bond motifs is 1. The van der Waals surface area contributed by atoms with E-state index in [1.54, 1.807) is 0 Å². The lowest BCUT2D eigenvalue weighted by atomic mass is 10.0. The van der Waals surface area contributed by atoms with Gasteiger partial charge < -0.3 is 14.9 Å². The summed E-state index contributed by atoms with van der Waals surface area (Å²) in [6, 6.07) is 3.83. The van der Waals surface area contributed by atoms with Crippen LogP contribution in [0.1, 0.15) is 19.8 Å². The number of H-pyrrole nitrogens is 1. The van der Waals surface area contributed by atoms with Crippen molar-refractivity contribution in [3.63, 3.8) is 0 Å². The molecule has 1 atom stereocenters. The van der Waals surface area contributed by atoms with Crippen molar-refractivity contribution in [2.45, 2.75) is 19.8 Å². The fraction of sp³-hybridized carbons (Fsp3) is 0.529. The van der Waals surface area contributed by atoms with E-state index in [9.17, 15) is 4.79 Å². The molecule has 2 aromatic rings. The number of halogens is 1. The highest BCUT2D eigenvalue weighted by Gasteiger charge is 2.25. The third kappa shape index (κ3) is 3.49. The fourth-order valence-electron chi connectivity index (χ4n) is 3.26. The quantitative estimate of drug-likeness (QED) is 0.867. The molecule has 1 aromatic carbocycles. The minimum absolute atomic E-state index is 0.0320. The number of carbonyl (C=O) groups is 1. The van der Waals surface area contributed by atoms with Gasteiger partial charge in [-0.15, -0.1) is 0 Å². The first-order valence-electron chi connectivity index (χ1n) is 8.37. The van der Waals surface area contributed by atoms with Crippen molar-refractivity contribution in [2.75, 3.05) is 37.7 Å². The molecule has 1 aliphatic rings. The molecule has 2 N–H and O–H groups in total. The lowest BCUT2D eigenvalue weighted by Crippen LogP contribution is -2.50. The Kier molecular flexibility index (Phi) is 5.26. The molecule has 1 aliphatic heterocycles. The first-order chi connectivity index (χ1) is 11.6. The Hall–Kier alpha value is -1.79. The highest BCUT2D eigenvalue weighted by molar-refractivity contribution is 6.31. The zero-order chi connectivity index (χ0) is 17.1. The maximum Gasteiger partial charge on any atom is 0.225 e. The number of rotatable bonds is 5. The smallest absolute Gasteiger partial charge is 0.225 e.